The van der Waals surface area contributed by atoms with Gasteiger partial charge in [0, 0.05) is 37.2 Å². The molecule has 25 heavy (non-hydrogen) atoms. The largest absolute Gasteiger partial charge is 0.505 e. The fourth-order valence-corrected chi connectivity index (χ4v) is 5.27. The number of guanidine groups is 1. The molecule has 1 heterocycles. The second kappa shape index (κ2) is 9.30. The molecule has 0 amide bonds. The maximum atomic E-state index is 13.5. The maximum Gasteiger partial charge on any atom is 0.193 e. The Labute approximate surface area is 170 Å². The Kier molecular flexibility index (Phi) is 7.67. The topological polar surface area (TPSA) is 47.9 Å². The van der Waals surface area contributed by atoms with E-state index in [0.717, 1.165) is 30.4 Å². The fourth-order valence-electron chi connectivity index (χ4n) is 3.70. The van der Waals surface area contributed by atoms with Crippen LogP contribution in [-0.4, -0.2) is 46.6 Å². The predicted molar refractivity (Wildman–Crippen MR) is 114 cm³/mol. The zero-order chi connectivity index (χ0) is 17.0. The summed E-state index contributed by atoms with van der Waals surface area (Å²) in [6.07, 6.45) is 6.63. The summed E-state index contributed by atoms with van der Waals surface area (Å²) in [6.45, 7) is 2.54. The third kappa shape index (κ3) is 5.15. The molecule has 1 aromatic rings. The van der Waals surface area contributed by atoms with Crippen LogP contribution in [0.3, 0.4) is 0 Å². The molecule has 7 heteroatoms. The number of nitrogens with zero attached hydrogens (tertiary/aromatic N) is 2. The van der Waals surface area contributed by atoms with Crippen LogP contribution in [0.25, 0.3) is 0 Å². The number of aromatic hydroxyl groups is 1. The lowest BCUT2D eigenvalue weighted by molar-refractivity contribution is 0.293. The Bertz CT molecular complexity index is 602. The normalized spacial score (nSPS) is 20.2. The summed E-state index contributed by atoms with van der Waals surface area (Å²) in [5, 5.41) is 12.6. The average molecular weight is 479 g/mol. The van der Waals surface area contributed by atoms with Gasteiger partial charge in [0.1, 0.15) is 0 Å². The van der Waals surface area contributed by atoms with Crippen molar-refractivity contribution in [3.05, 3.63) is 29.6 Å². The Morgan fingerprint density at radius 2 is 2.12 bits per heavy atom. The van der Waals surface area contributed by atoms with E-state index in [0.29, 0.717) is 11.3 Å². The maximum absolute atomic E-state index is 13.5. The first-order valence-electron chi connectivity index (χ1n) is 8.69. The predicted octanol–water partition coefficient (Wildman–Crippen LogP) is 3.98. The van der Waals surface area contributed by atoms with Crippen molar-refractivity contribution in [2.45, 2.75) is 43.4 Å². The molecule has 4 nitrogen and oxygen atoms in total. The van der Waals surface area contributed by atoms with Crippen molar-refractivity contribution in [3.8, 4) is 5.75 Å². The standard InChI is InChI=1S/C18H26FN3OS.HI/c1-20-17(21-12-14-5-6-16(23)15(19)11-14)22-9-10-24-18(13-22)7-3-2-4-8-18;/h5-6,11,23H,2-4,7-10,12-13H2,1H3,(H,20,21);1H. The quantitative estimate of drug-likeness (QED) is 0.383. The van der Waals surface area contributed by atoms with Gasteiger partial charge in [-0.3, -0.25) is 4.99 Å². The molecule has 2 aliphatic rings. The Hall–Kier alpha value is -0.700. The van der Waals surface area contributed by atoms with Crippen molar-refractivity contribution in [2.75, 3.05) is 25.9 Å². The van der Waals surface area contributed by atoms with Gasteiger partial charge >= 0.3 is 0 Å². The van der Waals surface area contributed by atoms with E-state index in [9.17, 15) is 9.50 Å². The summed E-state index contributed by atoms with van der Waals surface area (Å²) < 4.78 is 13.8. The lowest BCUT2D eigenvalue weighted by Crippen LogP contribution is -2.53. The van der Waals surface area contributed by atoms with Crippen molar-refractivity contribution >= 4 is 41.7 Å². The number of hydrogen-bond acceptors (Lipinski definition) is 3. The lowest BCUT2D eigenvalue weighted by Gasteiger charge is -2.45. The van der Waals surface area contributed by atoms with Crippen LogP contribution in [0.4, 0.5) is 4.39 Å². The summed E-state index contributed by atoms with van der Waals surface area (Å²) in [7, 11) is 1.80. The molecule has 1 saturated carbocycles. The van der Waals surface area contributed by atoms with Gasteiger partial charge in [0.15, 0.2) is 17.5 Å². The number of rotatable bonds is 2. The summed E-state index contributed by atoms with van der Waals surface area (Å²) in [5.74, 6) is 1.12. The lowest BCUT2D eigenvalue weighted by atomic mass is 9.87. The van der Waals surface area contributed by atoms with Crippen LogP contribution in [0.2, 0.25) is 0 Å². The molecular weight excluding hydrogens is 452 g/mol. The fraction of sp³-hybridized carbons (Fsp3) is 0.611. The van der Waals surface area contributed by atoms with Gasteiger partial charge in [0.25, 0.3) is 0 Å². The second-order valence-corrected chi connectivity index (χ2v) is 8.26. The van der Waals surface area contributed by atoms with Gasteiger partial charge in [-0.25, -0.2) is 4.39 Å². The highest BCUT2D eigenvalue weighted by Gasteiger charge is 2.38. The van der Waals surface area contributed by atoms with Gasteiger partial charge in [0.05, 0.1) is 0 Å². The smallest absolute Gasteiger partial charge is 0.193 e. The van der Waals surface area contributed by atoms with Gasteiger partial charge in [-0.2, -0.15) is 11.8 Å². The van der Waals surface area contributed by atoms with Crippen LogP contribution in [0, 0.1) is 5.82 Å². The SMILES string of the molecule is CN=C(NCc1ccc(O)c(F)c1)N1CCSC2(CCCCC2)C1.I. The van der Waals surface area contributed by atoms with Crippen molar-refractivity contribution < 1.29 is 9.50 Å². The number of aliphatic imine (C=N–C) groups is 1. The molecule has 2 fully saturated rings. The molecule has 140 valence electrons. The molecule has 3 rings (SSSR count). The van der Waals surface area contributed by atoms with Crippen LogP contribution < -0.4 is 5.32 Å². The highest BCUT2D eigenvalue weighted by molar-refractivity contribution is 14.0. The van der Waals surface area contributed by atoms with Gasteiger partial charge < -0.3 is 15.3 Å². The van der Waals surface area contributed by atoms with E-state index in [1.165, 1.54) is 44.2 Å². The highest BCUT2D eigenvalue weighted by Crippen LogP contribution is 2.42. The molecule has 2 N–H and O–H groups in total. The summed E-state index contributed by atoms with van der Waals surface area (Å²) in [4.78, 5) is 6.77. The number of nitrogens with one attached hydrogen (secondary N) is 1. The highest BCUT2D eigenvalue weighted by atomic mass is 127. The molecule has 1 saturated heterocycles. The first-order valence-corrected chi connectivity index (χ1v) is 9.67. The molecule has 0 radical (unpaired) electrons. The minimum atomic E-state index is -0.584. The molecule has 1 spiro atoms. The monoisotopic (exact) mass is 479 g/mol. The van der Waals surface area contributed by atoms with Crippen LogP contribution in [-0.2, 0) is 6.54 Å². The molecule has 0 bridgehead atoms. The molecule has 1 aliphatic heterocycles. The number of benzene rings is 1. The van der Waals surface area contributed by atoms with E-state index in [1.54, 1.807) is 13.1 Å². The van der Waals surface area contributed by atoms with Crippen LogP contribution in [0.5, 0.6) is 5.75 Å². The summed E-state index contributed by atoms with van der Waals surface area (Å²) >= 11 is 2.13. The van der Waals surface area contributed by atoms with E-state index in [2.05, 4.69) is 27.0 Å². The minimum Gasteiger partial charge on any atom is -0.505 e. The molecular formula is C18H27FIN3OS. The third-order valence-electron chi connectivity index (χ3n) is 4.99. The van der Waals surface area contributed by atoms with Gasteiger partial charge in [-0.1, -0.05) is 25.3 Å². The summed E-state index contributed by atoms with van der Waals surface area (Å²) in [6, 6.07) is 4.49. The van der Waals surface area contributed by atoms with Gasteiger partial charge in [-0.15, -0.1) is 24.0 Å². The van der Waals surface area contributed by atoms with Crippen LogP contribution in [0.15, 0.2) is 23.2 Å². The molecule has 0 atom stereocenters. The molecule has 1 aromatic carbocycles. The van der Waals surface area contributed by atoms with E-state index >= 15 is 0 Å². The Morgan fingerprint density at radius 1 is 1.36 bits per heavy atom. The van der Waals surface area contributed by atoms with Crippen molar-refractivity contribution in [1.29, 1.82) is 0 Å². The number of halogens is 2. The van der Waals surface area contributed by atoms with Crippen molar-refractivity contribution in [1.82, 2.24) is 10.2 Å². The number of thioether (sulfide) groups is 1. The molecule has 1 aliphatic carbocycles. The van der Waals surface area contributed by atoms with E-state index < -0.39 is 5.82 Å². The van der Waals surface area contributed by atoms with Gasteiger partial charge in [0.2, 0.25) is 0 Å². The minimum absolute atomic E-state index is 0. The van der Waals surface area contributed by atoms with Gasteiger partial charge in [-0.05, 0) is 30.5 Å². The Morgan fingerprint density at radius 3 is 2.80 bits per heavy atom. The zero-order valence-electron chi connectivity index (χ0n) is 14.6. The second-order valence-electron chi connectivity index (χ2n) is 6.70. The first kappa shape index (κ1) is 20.6. The van der Waals surface area contributed by atoms with E-state index in [-0.39, 0.29) is 29.7 Å². The van der Waals surface area contributed by atoms with E-state index in [1.807, 2.05) is 0 Å². The van der Waals surface area contributed by atoms with E-state index in [4.69, 9.17) is 0 Å². The van der Waals surface area contributed by atoms with Crippen LogP contribution in [0.1, 0.15) is 37.7 Å². The number of phenolic OH excluding ortho intramolecular Hbond substituents is 1. The molecule has 0 aromatic heterocycles. The number of hydrogen-bond donors (Lipinski definition) is 2. The first-order chi connectivity index (χ1) is 11.6. The Balaban J connectivity index is 0.00000225. The zero-order valence-corrected chi connectivity index (χ0v) is 17.8. The third-order valence-corrected chi connectivity index (χ3v) is 6.52. The number of phenols is 1. The summed E-state index contributed by atoms with van der Waals surface area (Å²) in [5.41, 5.74) is 0.796. The molecule has 0 unspecified atom stereocenters. The van der Waals surface area contributed by atoms with Crippen LogP contribution >= 0.6 is 35.7 Å². The average Bonchev–Trinajstić information content (AvgIpc) is 2.59. The van der Waals surface area contributed by atoms with Crippen molar-refractivity contribution in [3.63, 3.8) is 0 Å². The van der Waals surface area contributed by atoms with Crippen molar-refractivity contribution in [2.24, 2.45) is 4.99 Å².